The minimum absolute atomic E-state index is 0.0514. The third-order valence-electron chi connectivity index (χ3n) is 3.71. The van der Waals surface area contributed by atoms with Crippen molar-refractivity contribution in [3.8, 4) is 0 Å². The predicted octanol–water partition coefficient (Wildman–Crippen LogP) is 0.584. The van der Waals surface area contributed by atoms with Crippen molar-refractivity contribution in [1.82, 2.24) is 9.62 Å². The quantitative estimate of drug-likeness (QED) is 0.790. The van der Waals surface area contributed by atoms with Crippen LogP contribution in [0.15, 0.2) is 22.8 Å². The van der Waals surface area contributed by atoms with Gasteiger partial charge in [-0.2, -0.15) is 0 Å². The van der Waals surface area contributed by atoms with E-state index in [4.69, 9.17) is 9.15 Å². The molecule has 0 spiro atoms. The highest BCUT2D eigenvalue weighted by atomic mass is 32.2. The maximum atomic E-state index is 12.2. The Morgan fingerprint density at radius 3 is 3.05 bits per heavy atom. The molecule has 0 aliphatic carbocycles. The summed E-state index contributed by atoms with van der Waals surface area (Å²) in [4.78, 5) is 12.2. The molecule has 0 radical (unpaired) electrons. The summed E-state index contributed by atoms with van der Waals surface area (Å²) in [6.07, 6.45) is 2.93. The van der Waals surface area contributed by atoms with Crippen LogP contribution in [0.4, 0.5) is 0 Å². The first-order valence-electron chi connectivity index (χ1n) is 7.30. The normalized spacial score (nSPS) is 20.0. The fourth-order valence-corrected chi connectivity index (χ4v) is 3.91. The number of methoxy groups -OCH3 is 1. The van der Waals surface area contributed by atoms with Gasteiger partial charge in [-0.05, 0) is 25.0 Å². The second-order valence-electron chi connectivity index (χ2n) is 5.30. The SMILES string of the molecule is COCCS(=O)(=O)N1CCCC(C(=O)NCc2ccco2)C1. The third-order valence-corrected chi connectivity index (χ3v) is 5.51. The molecule has 22 heavy (non-hydrogen) atoms. The Balaban J connectivity index is 1.88. The van der Waals surface area contributed by atoms with E-state index in [1.165, 1.54) is 11.4 Å². The van der Waals surface area contributed by atoms with Crippen LogP contribution in [0.5, 0.6) is 0 Å². The molecule has 1 atom stereocenters. The highest BCUT2D eigenvalue weighted by Gasteiger charge is 2.31. The Labute approximate surface area is 130 Å². The molecule has 1 aliphatic rings. The maximum absolute atomic E-state index is 12.2. The topological polar surface area (TPSA) is 88.9 Å². The molecule has 8 heteroatoms. The lowest BCUT2D eigenvalue weighted by atomic mass is 9.99. The van der Waals surface area contributed by atoms with Crippen molar-refractivity contribution in [2.75, 3.05) is 32.6 Å². The van der Waals surface area contributed by atoms with E-state index in [0.29, 0.717) is 31.7 Å². The van der Waals surface area contributed by atoms with Gasteiger partial charge in [0.15, 0.2) is 0 Å². The van der Waals surface area contributed by atoms with Crippen LogP contribution in [0.3, 0.4) is 0 Å². The molecular weight excluding hydrogens is 308 g/mol. The molecule has 1 amide bonds. The van der Waals surface area contributed by atoms with E-state index in [1.807, 2.05) is 0 Å². The Bertz CT molecular complexity index is 570. The summed E-state index contributed by atoms with van der Waals surface area (Å²) >= 11 is 0. The number of nitrogens with zero attached hydrogens (tertiary/aromatic N) is 1. The van der Waals surface area contributed by atoms with Crippen LogP contribution in [0, 0.1) is 5.92 Å². The molecule has 2 heterocycles. The van der Waals surface area contributed by atoms with Crippen molar-refractivity contribution in [3.63, 3.8) is 0 Å². The monoisotopic (exact) mass is 330 g/mol. The number of sulfonamides is 1. The molecule has 124 valence electrons. The maximum Gasteiger partial charge on any atom is 0.224 e. The third kappa shape index (κ3) is 4.56. The summed E-state index contributed by atoms with van der Waals surface area (Å²) in [6, 6.07) is 3.54. The molecule has 0 saturated carbocycles. The number of carbonyl (C=O) groups is 1. The smallest absolute Gasteiger partial charge is 0.224 e. The number of rotatable bonds is 7. The van der Waals surface area contributed by atoms with E-state index < -0.39 is 10.0 Å². The number of amides is 1. The molecule has 1 aliphatic heterocycles. The molecule has 1 saturated heterocycles. The van der Waals surface area contributed by atoms with Gasteiger partial charge < -0.3 is 14.5 Å². The summed E-state index contributed by atoms with van der Waals surface area (Å²) in [5, 5.41) is 2.79. The summed E-state index contributed by atoms with van der Waals surface area (Å²) < 4.78 is 35.7. The Morgan fingerprint density at radius 1 is 1.55 bits per heavy atom. The first kappa shape index (κ1) is 17.0. The van der Waals surface area contributed by atoms with E-state index >= 15 is 0 Å². The average Bonchev–Trinajstić information content (AvgIpc) is 3.04. The standard InChI is InChI=1S/C14H22N2O5S/c1-20-8-9-22(18,19)16-6-2-4-12(11-16)14(17)15-10-13-5-3-7-21-13/h3,5,7,12H,2,4,6,8-11H2,1H3,(H,15,17). The van der Waals surface area contributed by atoms with Crippen molar-refractivity contribution >= 4 is 15.9 Å². The molecule has 7 nitrogen and oxygen atoms in total. The van der Waals surface area contributed by atoms with Gasteiger partial charge in [0.25, 0.3) is 0 Å². The molecular formula is C14H22N2O5S. The van der Waals surface area contributed by atoms with Crippen LogP contribution in [0.1, 0.15) is 18.6 Å². The Kier molecular flexibility index (Phi) is 5.98. The van der Waals surface area contributed by atoms with Crippen LogP contribution in [0.25, 0.3) is 0 Å². The van der Waals surface area contributed by atoms with Gasteiger partial charge >= 0.3 is 0 Å². The second kappa shape index (κ2) is 7.75. The molecule has 2 rings (SSSR count). The van der Waals surface area contributed by atoms with E-state index in [-0.39, 0.29) is 30.7 Å². The largest absolute Gasteiger partial charge is 0.467 e. The van der Waals surface area contributed by atoms with E-state index in [0.717, 1.165) is 0 Å². The summed E-state index contributed by atoms with van der Waals surface area (Å²) in [5.74, 6) is 0.169. The second-order valence-corrected chi connectivity index (χ2v) is 7.39. The van der Waals surface area contributed by atoms with Gasteiger partial charge in [0.2, 0.25) is 15.9 Å². The highest BCUT2D eigenvalue weighted by molar-refractivity contribution is 7.89. The zero-order valence-corrected chi connectivity index (χ0v) is 13.5. The van der Waals surface area contributed by atoms with Gasteiger partial charge in [-0.15, -0.1) is 0 Å². The minimum Gasteiger partial charge on any atom is -0.467 e. The van der Waals surface area contributed by atoms with Crippen molar-refractivity contribution in [1.29, 1.82) is 0 Å². The van der Waals surface area contributed by atoms with Crippen LogP contribution < -0.4 is 5.32 Å². The molecule has 1 aromatic heterocycles. The number of furan rings is 1. The molecule has 0 aromatic carbocycles. The van der Waals surface area contributed by atoms with E-state index in [9.17, 15) is 13.2 Å². The number of hydrogen-bond donors (Lipinski definition) is 1. The molecule has 1 N–H and O–H groups in total. The van der Waals surface area contributed by atoms with Gasteiger partial charge in [-0.25, -0.2) is 12.7 Å². The molecule has 1 unspecified atom stereocenters. The van der Waals surface area contributed by atoms with Crippen LogP contribution >= 0.6 is 0 Å². The van der Waals surface area contributed by atoms with Gasteiger partial charge in [-0.1, -0.05) is 0 Å². The first-order chi connectivity index (χ1) is 10.5. The first-order valence-corrected chi connectivity index (χ1v) is 8.90. The number of carbonyl (C=O) groups excluding carboxylic acids is 1. The molecule has 1 fully saturated rings. The number of hydrogen-bond acceptors (Lipinski definition) is 5. The lowest BCUT2D eigenvalue weighted by Gasteiger charge is -2.31. The van der Waals surface area contributed by atoms with Crippen molar-refractivity contribution in [2.45, 2.75) is 19.4 Å². The minimum atomic E-state index is -3.36. The van der Waals surface area contributed by atoms with Crippen LogP contribution in [-0.4, -0.2) is 51.2 Å². The van der Waals surface area contributed by atoms with Crippen molar-refractivity contribution < 1.29 is 22.4 Å². The fourth-order valence-electron chi connectivity index (χ4n) is 2.46. The van der Waals surface area contributed by atoms with Crippen LogP contribution in [0.2, 0.25) is 0 Å². The van der Waals surface area contributed by atoms with E-state index in [1.54, 1.807) is 18.4 Å². The van der Waals surface area contributed by atoms with E-state index in [2.05, 4.69) is 5.32 Å². The summed E-state index contributed by atoms with van der Waals surface area (Å²) in [5.41, 5.74) is 0. The number of nitrogens with one attached hydrogen (secondary N) is 1. The number of piperidine rings is 1. The molecule has 1 aromatic rings. The van der Waals surface area contributed by atoms with Gasteiger partial charge in [0.05, 0.1) is 31.1 Å². The zero-order valence-electron chi connectivity index (χ0n) is 12.7. The molecule has 0 bridgehead atoms. The number of ether oxygens (including phenoxy) is 1. The van der Waals surface area contributed by atoms with Gasteiger partial charge in [0, 0.05) is 20.2 Å². The Morgan fingerprint density at radius 2 is 2.36 bits per heavy atom. The van der Waals surface area contributed by atoms with Gasteiger partial charge in [0.1, 0.15) is 5.76 Å². The van der Waals surface area contributed by atoms with Gasteiger partial charge in [-0.3, -0.25) is 4.79 Å². The fraction of sp³-hybridized carbons (Fsp3) is 0.643. The van der Waals surface area contributed by atoms with Crippen LogP contribution in [-0.2, 0) is 26.1 Å². The Hall–Kier alpha value is -1.38. The highest BCUT2D eigenvalue weighted by Crippen LogP contribution is 2.20. The summed E-state index contributed by atoms with van der Waals surface area (Å²) in [6.45, 7) is 1.18. The lowest BCUT2D eigenvalue weighted by molar-refractivity contribution is -0.126. The summed E-state index contributed by atoms with van der Waals surface area (Å²) in [7, 11) is -1.89. The lowest BCUT2D eigenvalue weighted by Crippen LogP contribution is -2.46. The van der Waals surface area contributed by atoms with Crippen molar-refractivity contribution in [3.05, 3.63) is 24.2 Å². The average molecular weight is 330 g/mol. The zero-order chi connectivity index (χ0) is 16.0. The van der Waals surface area contributed by atoms with Crippen molar-refractivity contribution in [2.24, 2.45) is 5.92 Å². The predicted molar refractivity (Wildman–Crippen MR) is 80.5 cm³/mol.